The quantitative estimate of drug-likeness (QED) is 0.224. The van der Waals surface area contributed by atoms with E-state index in [0.717, 1.165) is 107 Å². The van der Waals surface area contributed by atoms with Crippen LogP contribution in [0.1, 0.15) is 173 Å². The molecule has 12 aliphatic carbocycles. The number of rotatable bonds is 0. The number of allylic oxidation sites excluding steroid dienone is 6. The third kappa shape index (κ3) is 6.95. The van der Waals surface area contributed by atoms with Crippen molar-refractivity contribution in [2.24, 2.45) is 107 Å². The molecule has 12 rings (SSSR count). The molecule has 1 heteroatoms. The molecule has 1 nitrogen and oxygen atoms in total. The summed E-state index contributed by atoms with van der Waals surface area (Å²) in [5.74, 6) is 19.7. The zero-order valence-corrected chi connectivity index (χ0v) is 33.4. The first-order valence-corrected chi connectivity index (χ1v) is 24.3. The van der Waals surface area contributed by atoms with Gasteiger partial charge in [-0.05, 0) is 222 Å². The monoisotopic (exact) mass is 709 g/mol. The zero-order chi connectivity index (χ0) is 33.7. The van der Waals surface area contributed by atoms with Gasteiger partial charge in [0, 0.05) is 0 Å². The van der Waals surface area contributed by atoms with Crippen LogP contribution >= 0.6 is 0 Å². The Morgan fingerprint density at radius 3 is 0.827 bits per heavy atom. The molecule has 18 atom stereocenters. The predicted molar refractivity (Wildman–Crippen MR) is 219 cm³/mol. The fraction of sp³-hybridized carbons (Fsp3) is 0.882. The number of hydrogen-bond acceptors (Lipinski definition) is 0. The topological polar surface area (TPSA) is 31.5 Å². The molecule has 52 heavy (non-hydrogen) atoms. The second-order valence-corrected chi connectivity index (χ2v) is 21.5. The summed E-state index contributed by atoms with van der Waals surface area (Å²) in [6, 6.07) is 0. The third-order valence-electron chi connectivity index (χ3n) is 20.0. The van der Waals surface area contributed by atoms with Gasteiger partial charge in [0.25, 0.3) is 0 Å². The van der Waals surface area contributed by atoms with Gasteiger partial charge in [-0.15, -0.1) is 0 Å². The molecule has 12 aliphatic rings. The average molecular weight is 709 g/mol. The Morgan fingerprint density at radius 1 is 0.231 bits per heavy atom. The summed E-state index contributed by atoms with van der Waals surface area (Å²) in [5.41, 5.74) is 0. The van der Waals surface area contributed by atoms with E-state index in [9.17, 15) is 0 Å². The van der Waals surface area contributed by atoms with Crippen LogP contribution in [-0.2, 0) is 0 Å². The Labute approximate surface area is 320 Å². The highest BCUT2D eigenvalue weighted by Gasteiger charge is 2.50. The molecule has 0 aromatic heterocycles. The lowest BCUT2D eigenvalue weighted by Crippen LogP contribution is -2.43. The lowest BCUT2D eigenvalue weighted by Gasteiger charge is -2.51. The average Bonchev–Trinajstić information content (AvgIpc) is 3.99. The van der Waals surface area contributed by atoms with E-state index in [1.165, 1.54) is 77.0 Å². The first-order chi connectivity index (χ1) is 25.3. The molecule has 0 aliphatic heterocycles. The van der Waals surface area contributed by atoms with Gasteiger partial charge in [-0.3, -0.25) is 0 Å². The van der Waals surface area contributed by atoms with Crippen LogP contribution < -0.4 is 0 Å². The van der Waals surface area contributed by atoms with E-state index in [4.69, 9.17) is 0 Å². The van der Waals surface area contributed by atoms with Gasteiger partial charge < -0.3 is 5.48 Å². The molecule has 0 heterocycles. The molecule has 0 saturated heterocycles. The first kappa shape index (κ1) is 36.8. The van der Waals surface area contributed by atoms with Gasteiger partial charge in [-0.1, -0.05) is 94.2 Å². The summed E-state index contributed by atoms with van der Waals surface area (Å²) < 4.78 is 0. The van der Waals surface area contributed by atoms with Crippen molar-refractivity contribution >= 4 is 0 Å². The van der Waals surface area contributed by atoms with Crippen molar-refractivity contribution in [2.45, 2.75) is 173 Å². The van der Waals surface area contributed by atoms with Crippen LogP contribution in [0.3, 0.4) is 0 Å². The van der Waals surface area contributed by atoms with Crippen LogP contribution in [0.4, 0.5) is 0 Å². The molecule has 9 saturated carbocycles. The highest BCUT2D eigenvalue weighted by Crippen LogP contribution is 2.59. The summed E-state index contributed by atoms with van der Waals surface area (Å²) in [7, 11) is 0. The van der Waals surface area contributed by atoms with Crippen LogP contribution in [0, 0.1) is 107 Å². The largest absolute Gasteiger partial charge is 0.412 e. The summed E-state index contributed by atoms with van der Waals surface area (Å²) >= 11 is 0. The molecule has 0 aromatic carbocycles. The zero-order valence-electron chi connectivity index (χ0n) is 33.4. The minimum atomic E-state index is 0. The molecule has 0 amide bonds. The predicted octanol–water partition coefficient (Wildman–Crippen LogP) is 13.6. The summed E-state index contributed by atoms with van der Waals surface area (Å²) in [6.07, 6.45) is 56.8. The molecular formula is C51H80O. The van der Waals surface area contributed by atoms with Gasteiger partial charge in [0.1, 0.15) is 0 Å². The molecule has 3 unspecified atom stereocenters. The van der Waals surface area contributed by atoms with E-state index in [-0.39, 0.29) is 5.48 Å². The number of fused-ring (bicyclic) bond motifs is 15. The van der Waals surface area contributed by atoms with Crippen LogP contribution in [-0.4, -0.2) is 5.48 Å². The highest BCUT2D eigenvalue weighted by atomic mass is 16.0. The SMILES string of the molecule is C1=C[C@H]2CC[C@H]3[C@@H](CCC4CCCC[C@@H]43)[C@@H]2C1.C1=C[C@H]2CC[C@H]3[C@@H](CCC4CCCC[C@@H]43)[C@@H]2C1.C1=C[C@H]2CC[C@H]3[C@@H](CCC4CCCC[C@@H]43)[C@@H]2C1.O. The second-order valence-electron chi connectivity index (χ2n) is 21.5. The molecular weight excluding hydrogens is 629 g/mol. The van der Waals surface area contributed by atoms with Gasteiger partial charge in [-0.2, -0.15) is 0 Å². The van der Waals surface area contributed by atoms with E-state index < -0.39 is 0 Å². The normalized spacial score (nSPS) is 51.7. The van der Waals surface area contributed by atoms with Crippen LogP contribution in [0.15, 0.2) is 36.5 Å². The standard InChI is InChI=1S/3C17H26.H2O/c3*1-2-6-14-12(4-1)8-10-17-15-7-3-5-13(15)9-11-16(14)17;/h3*3,5,12-17H,1-2,4,6-11H2;1H2/t3*12?,13-,14-,15+,16+,17-;/m000./s1. The molecule has 2 N–H and O–H groups in total. The van der Waals surface area contributed by atoms with Crippen molar-refractivity contribution in [3.63, 3.8) is 0 Å². The third-order valence-corrected chi connectivity index (χ3v) is 20.0. The second kappa shape index (κ2) is 16.3. The molecule has 0 radical (unpaired) electrons. The van der Waals surface area contributed by atoms with Gasteiger partial charge in [0.15, 0.2) is 0 Å². The smallest absolute Gasteiger partial charge is 0.0199 e. The van der Waals surface area contributed by atoms with Crippen molar-refractivity contribution in [3.8, 4) is 0 Å². The summed E-state index contributed by atoms with van der Waals surface area (Å²) in [4.78, 5) is 0. The van der Waals surface area contributed by atoms with E-state index in [1.807, 2.05) is 0 Å². The Hall–Kier alpha value is -0.820. The maximum Gasteiger partial charge on any atom is -0.0199 e. The molecule has 9 fully saturated rings. The van der Waals surface area contributed by atoms with Crippen LogP contribution in [0.2, 0.25) is 0 Å². The van der Waals surface area contributed by atoms with E-state index in [2.05, 4.69) is 36.5 Å². The molecule has 0 bridgehead atoms. The van der Waals surface area contributed by atoms with Gasteiger partial charge >= 0.3 is 0 Å². The van der Waals surface area contributed by atoms with E-state index in [0.29, 0.717) is 0 Å². The first-order valence-electron chi connectivity index (χ1n) is 24.3. The van der Waals surface area contributed by atoms with Gasteiger partial charge in [0.05, 0.1) is 0 Å². The number of hydrogen-bond donors (Lipinski definition) is 0. The Morgan fingerprint density at radius 2 is 0.500 bits per heavy atom. The maximum atomic E-state index is 2.55. The van der Waals surface area contributed by atoms with Crippen molar-refractivity contribution in [2.75, 3.05) is 0 Å². The van der Waals surface area contributed by atoms with Gasteiger partial charge in [-0.25, -0.2) is 0 Å². The highest BCUT2D eigenvalue weighted by molar-refractivity contribution is 5.11. The van der Waals surface area contributed by atoms with Crippen molar-refractivity contribution < 1.29 is 5.48 Å². The fourth-order valence-electron chi connectivity index (χ4n) is 17.9. The van der Waals surface area contributed by atoms with Gasteiger partial charge in [0.2, 0.25) is 0 Å². The van der Waals surface area contributed by atoms with E-state index >= 15 is 0 Å². The van der Waals surface area contributed by atoms with Crippen molar-refractivity contribution in [1.29, 1.82) is 0 Å². The molecule has 0 spiro atoms. The fourth-order valence-corrected chi connectivity index (χ4v) is 17.9. The minimum absolute atomic E-state index is 0. The van der Waals surface area contributed by atoms with Crippen molar-refractivity contribution in [1.82, 2.24) is 0 Å². The summed E-state index contributed by atoms with van der Waals surface area (Å²) in [5, 5.41) is 0. The molecule has 0 aromatic rings. The van der Waals surface area contributed by atoms with Crippen LogP contribution in [0.25, 0.3) is 0 Å². The lowest BCUT2D eigenvalue weighted by molar-refractivity contribution is -0.0139. The Balaban J connectivity index is 0.000000103. The summed E-state index contributed by atoms with van der Waals surface area (Å²) in [6.45, 7) is 0. The Bertz CT molecular complexity index is 1110. The molecule has 290 valence electrons. The van der Waals surface area contributed by atoms with E-state index in [1.54, 1.807) is 96.3 Å². The van der Waals surface area contributed by atoms with Crippen molar-refractivity contribution in [3.05, 3.63) is 36.5 Å². The van der Waals surface area contributed by atoms with Crippen LogP contribution in [0.5, 0.6) is 0 Å². The lowest BCUT2D eigenvalue weighted by atomic mass is 9.54. The minimum Gasteiger partial charge on any atom is -0.412 e. The Kier molecular flexibility index (Phi) is 11.6. The maximum absolute atomic E-state index is 2.55.